The maximum absolute atomic E-state index is 12.7. The Hall–Kier alpha value is -2.63. The molecule has 0 aromatic carbocycles. The Kier molecular flexibility index (Phi) is 37.1. The molecule has 0 aromatic rings. The fourth-order valence-electron chi connectivity index (χ4n) is 5.91. The van der Waals surface area contributed by atoms with Crippen LogP contribution < -0.4 is 5.32 Å². The van der Waals surface area contributed by atoms with Gasteiger partial charge in [-0.15, -0.1) is 0 Å². The molecule has 0 aromatic heterocycles. The lowest BCUT2D eigenvalue weighted by Crippen LogP contribution is -2.28. The third-order valence-electron chi connectivity index (χ3n) is 8.97. The number of carboxylic acid groups (broad SMARTS) is 1. The number of unbranched alkanes of at least 4 members (excludes halogenated alkanes) is 20. The van der Waals surface area contributed by atoms with Gasteiger partial charge in [0.15, 0.2) is 0 Å². The van der Waals surface area contributed by atoms with Gasteiger partial charge in [0.1, 0.15) is 12.6 Å². The zero-order valence-electron chi connectivity index (χ0n) is 32.5. The van der Waals surface area contributed by atoms with Gasteiger partial charge in [-0.25, -0.2) is 0 Å². The maximum atomic E-state index is 12.7. The average molecular weight is 700 g/mol. The fraction of sp³-hybridized carbons (Fsp3) is 0.750. The molecule has 1 unspecified atom stereocenters. The van der Waals surface area contributed by atoms with Gasteiger partial charge in [0.2, 0.25) is 5.91 Å². The lowest BCUT2D eigenvalue weighted by atomic mass is 10.0. The molecule has 6 nitrogen and oxygen atoms in total. The summed E-state index contributed by atoms with van der Waals surface area (Å²) in [5.41, 5.74) is 0. The number of aliphatic carboxylic acids is 1. The third-order valence-corrected chi connectivity index (χ3v) is 8.97. The van der Waals surface area contributed by atoms with Gasteiger partial charge < -0.3 is 15.2 Å². The molecular formula is C44H77NO5. The van der Waals surface area contributed by atoms with Crippen LogP contribution >= 0.6 is 0 Å². The summed E-state index contributed by atoms with van der Waals surface area (Å²) in [5, 5.41) is 11.0. The minimum atomic E-state index is -1.02. The Balaban J connectivity index is 4.08. The van der Waals surface area contributed by atoms with Crippen molar-refractivity contribution in [3.05, 3.63) is 48.6 Å². The third kappa shape index (κ3) is 38.2. The molecule has 6 heteroatoms. The second kappa shape index (κ2) is 39.2. The van der Waals surface area contributed by atoms with Gasteiger partial charge in [-0.2, -0.15) is 0 Å². The van der Waals surface area contributed by atoms with E-state index in [0.29, 0.717) is 12.8 Å². The van der Waals surface area contributed by atoms with Crippen molar-refractivity contribution in [1.82, 2.24) is 5.32 Å². The molecule has 0 bridgehead atoms. The van der Waals surface area contributed by atoms with E-state index in [2.05, 4.69) is 67.8 Å². The average Bonchev–Trinajstić information content (AvgIpc) is 3.10. The van der Waals surface area contributed by atoms with E-state index in [9.17, 15) is 14.4 Å². The van der Waals surface area contributed by atoms with Crippen LogP contribution in [0, 0.1) is 0 Å². The number of ether oxygens (including phenoxy) is 1. The van der Waals surface area contributed by atoms with E-state index >= 15 is 0 Å². The van der Waals surface area contributed by atoms with Crippen LogP contribution in [0.3, 0.4) is 0 Å². The standard InChI is InChI=1S/C44H77NO5/c1-3-5-7-9-11-13-14-15-16-17-18-19-20-21-22-23-25-31-35-39-44(49)50-41(36-32-28-24-12-10-8-6-4-2)37-33-29-26-27-30-34-38-42(46)45-40-43(47)48/h6,8,12,15-16,24,32,36,41H,3-5,7,9-11,13-14,17-23,25-31,33-35,37-40H2,1-2H3,(H,45,46)(H,47,48)/b8-6-,16-15-,24-12-,36-32-. The Morgan fingerprint density at radius 3 is 1.60 bits per heavy atom. The molecule has 0 rings (SSSR count). The zero-order valence-corrected chi connectivity index (χ0v) is 32.5. The molecule has 0 radical (unpaired) electrons. The molecule has 1 amide bonds. The topological polar surface area (TPSA) is 92.7 Å². The van der Waals surface area contributed by atoms with Crippen molar-refractivity contribution >= 4 is 17.8 Å². The monoisotopic (exact) mass is 700 g/mol. The molecule has 0 aliphatic rings. The minimum absolute atomic E-state index is 0.0814. The van der Waals surface area contributed by atoms with Gasteiger partial charge in [-0.3, -0.25) is 14.4 Å². The predicted molar refractivity (Wildman–Crippen MR) is 212 cm³/mol. The molecule has 1 atom stereocenters. The van der Waals surface area contributed by atoms with E-state index in [1.165, 1.54) is 96.3 Å². The molecule has 0 saturated carbocycles. The Morgan fingerprint density at radius 2 is 1.04 bits per heavy atom. The van der Waals surface area contributed by atoms with Crippen molar-refractivity contribution in [3.8, 4) is 0 Å². The number of allylic oxidation sites excluding steroid dienone is 7. The van der Waals surface area contributed by atoms with Gasteiger partial charge in [-0.05, 0) is 76.7 Å². The van der Waals surface area contributed by atoms with Crippen LogP contribution in [-0.2, 0) is 19.1 Å². The summed E-state index contributed by atoms with van der Waals surface area (Å²) in [6.45, 7) is 4.10. The molecule has 0 spiro atoms. The van der Waals surface area contributed by atoms with E-state index in [-0.39, 0.29) is 24.5 Å². The van der Waals surface area contributed by atoms with E-state index in [1.54, 1.807) is 0 Å². The van der Waals surface area contributed by atoms with Crippen LogP contribution in [0.15, 0.2) is 48.6 Å². The first-order valence-corrected chi connectivity index (χ1v) is 20.8. The van der Waals surface area contributed by atoms with Crippen molar-refractivity contribution in [2.75, 3.05) is 6.54 Å². The van der Waals surface area contributed by atoms with Crippen LogP contribution in [0.2, 0.25) is 0 Å². The number of esters is 1. The highest BCUT2D eigenvalue weighted by atomic mass is 16.5. The molecule has 0 aliphatic carbocycles. The van der Waals surface area contributed by atoms with Gasteiger partial charge in [0, 0.05) is 12.8 Å². The summed E-state index contributed by atoms with van der Waals surface area (Å²) >= 11 is 0. The van der Waals surface area contributed by atoms with Crippen LogP contribution in [0.4, 0.5) is 0 Å². The first-order chi connectivity index (χ1) is 24.5. The highest BCUT2D eigenvalue weighted by Gasteiger charge is 2.11. The fourth-order valence-corrected chi connectivity index (χ4v) is 5.91. The van der Waals surface area contributed by atoms with Gasteiger partial charge >= 0.3 is 11.9 Å². The number of rotatable bonds is 37. The number of carbonyl (C=O) groups excluding carboxylic acids is 2. The lowest BCUT2D eigenvalue weighted by Gasteiger charge is -2.14. The number of carboxylic acids is 1. The molecule has 0 fully saturated rings. The molecule has 2 N–H and O–H groups in total. The number of carbonyl (C=O) groups is 3. The van der Waals surface area contributed by atoms with Crippen molar-refractivity contribution in [1.29, 1.82) is 0 Å². The van der Waals surface area contributed by atoms with Gasteiger partial charge in [-0.1, -0.05) is 159 Å². The smallest absolute Gasteiger partial charge is 0.322 e. The SMILES string of the molecule is CC/C=C\C/C=C\C/C=C\C(CCCCCCCCC(=O)NCC(=O)O)OC(=O)CCCCCCCCCCC/C=C\CCCCCCCC. The van der Waals surface area contributed by atoms with E-state index < -0.39 is 5.97 Å². The van der Waals surface area contributed by atoms with E-state index in [1.807, 2.05) is 0 Å². The van der Waals surface area contributed by atoms with Gasteiger partial charge in [0.05, 0.1) is 0 Å². The first kappa shape index (κ1) is 47.4. The van der Waals surface area contributed by atoms with Crippen molar-refractivity contribution in [2.45, 2.75) is 206 Å². The molecule has 50 heavy (non-hydrogen) atoms. The maximum Gasteiger partial charge on any atom is 0.322 e. The number of nitrogens with one attached hydrogen (secondary N) is 1. The zero-order chi connectivity index (χ0) is 36.6. The van der Waals surface area contributed by atoms with Gasteiger partial charge in [0.25, 0.3) is 0 Å². The minimum Gasteiger partial charge on any atom is -0.480 e. The normalized spacial score (nSPS) is 12.5. The van der Waals surface area contributed by atoms with Crippen LogP contribution in [0.5, 0.6) is 0 Å². The predicted octanol–water partition coefficient (Wildman–Crippen LogP) is 12.7. The summed E-state index contributed by atoms with van der Waals surface area (Å²) in [6, 6.07) is 0. The Morgan fingerprint density at radius 1 is 0.560 bits per heavy atom. The largest absolute Gasteiger partial charge is 0.480 e. The second-order valence-corrected chi connectivity index (χ2v) is 13.9. The number of amides is 1. The second-order valence-electron chi connectivity index (χ2n) is 13.9. The summed E-state index contributed by atoms with van der Waals surface area (Å²) < 4.78 is 5.91. The van der Waals surface area contributed by atoms with Crippen LogP contribution in [-0.4, -0.2) is 35.6 Å². The van der Waals surface area contributed by atoms with Crippen LogP contribution in [0.1, 0.15) is 200 Å². The summed E-state index contributed by atoms with van der Waals surface area (Å²) in [6.07, 6.45) is 49.8. The molecule has 288 valence electrons. The van der Waals surface area contributed by atoms with Crippen molar-refractivity contribution < 1.29 is 24.2 Å². The lowest BCUT2D eigenvalue weighted by molar-refractivity contribution is -0.147. The highest BCUT2D eigenvalue weighted by molar-refractivity contribution is 5.80. The summed E-state index contributed by atoms with van der Waals surface area (Å²) in [5.74, 6) is -1.30. The van der Waals surface area contributed by atoms with E-state index in [0.717, 1.165) is 77.0 Å². The van der Waals surface area contributed by atoms with Crippen molar-refractivity contribution in [3.63, 3.8) is 0 Å². The molecule has 0 heterocycles. The number of hydrogen-bond donors (Lipinski definition) is 2. The quantitative estimate of drug-likeness (QED) is 0.0382. The van der Waals surface area contributed by atoms with Crippen LogP contribution in [0.25, 0.3) is 0 Å². The highest BCUT2D eigenvalue weighted by Crippen LogP contribution is 2.16. The Bertz CT molecular complexity index is 906. The molecule has 0 saturated heterocycles. The summed E-state index contributed by atoms with van der Waals surface area (Å²) in [7, 11) is 0. The molecular weight excluding hydrogens is 622 g/mol. The Labute approximate surface area is 308 Å². The first-order valence-electron chi connectivity index (χ1n) is 20.8. The number of hydrogen-bond acceptors (Lipinski definition) is 4. The van der Waals surface area contributed by atoms with E-state index in [4.69, 9.17) is 9.84 Å². The molecule has 0 aliphatic heterocycles. The summed E-state index contributed by atoms with van der Waals surface area (Å²) in [4.78, 5) is 34.8. The van der Waals surface area contributed by atoms with Crippen molar-refractivity contribution in [2.24, 2.45) is 0 Å².